The van der Waals surface area contributed by atoms with E-state index >= 15 is 0 Å². The molecule has 42 heavy (non-hydrogen) atoms. The van der Waals surface area contributed by atoms with Gasteiger partial charge in [-0.05, 0) is 32.3 Å². The molecule has 5 atom stereocenters. The van der Waals surface area contributed by atoms with Crippen molar-refractivity contribution in [3.05, 3.63) is 33.1 Å². The number of ketones is 1. The molecular weight excluding hydrogens is 581 g/mol. The molecule has 0 spiro atoms. The molecule has 0 aromatic carbocycles. The number of rotatable bonds is 17. The lowest BCUT2D eigenvalue weighted by molar-refractivity contribution is -0.157. The molecule has 1 saturated heterocycles. The molecule has 14 heteroatoms. The van der Waals surface area contributed by atoms with Gasteiger partial charge in [-0.2, -0.15) is 0 Å². The Morgan fingerprint density at radius 3 is 2.21 bits per heavy atom. The van der Waals surface area contributed by atoms with Crippen molar-refractivity contribution >= 4 is 35.2 Å². The van der Waals surface area contributed by atoms with Gasteiger partial charge < -0.3 is 24.3 Å². The molecule has 0 saturated carbocycles. The van der Waals surface area contributed by atoms with Crippen LogP contribution in [0.15, 0.2) is 21.9 Å². The quantitative estimate of drug-likeness (QED) is 0.101. The lowest BCUT2D eigenvalue weighted by Crippen LogP contribution is -2.54. The second-order valence-electron chi connectivity index (χ2n) is 11.7. The highest BCUT2D eigenvalue weighted by molar-refractivity contribution is 7.16. The third-order valence-corrected chi connectivity index (χ3v) is 14.5. The summed E-state index contributed by atoms with van der Waals surface area (Å²) >= 11 is 0. The van der Waals surface area contributed by atoms with Crippen molar-refractivity contribution < 1.29 is 33.4 Å². The molecule has 12 nitrogen and oxygen atoms in total. The predicted molar refractivity (Wildman–Crippen MR) is 165 cm³/mol. The third-order valence-electron chi connectivity index (χ3n) is 7.89. The van der Waals surface area contributed by atoms with Gasteiger partial charge in [-0.3, -0.25) is 28.7 Å². The topological polar surface area (TPSA) is 166 Å². The summed E-state index contributed by atoms with van der Waals surface area (Å²) in [4.78, 5) is 64.0. The number of aromatic amines is 1. The molecule has 1 aromatic rings. The molecule has 0 radical (unpaired) electrons. The number of hydrogen-bond donors (Lipinski definition) is 3. The van der Waals surface area contributed by atoms with Crippen molar-refractivity contribution in [2.24, 2.45) is 0 Å². The van der Waals surface area contributed by atoms with Gasteiger partial charge in [0.15, 0.2) is 12.3 Å². The van der Waals surface area contributed by atoms with Gasteiger partial charge >= 0.3 is 11.7 Å². The largest absolute Gasteiger partial charge is 0.457 e. The molecule has 0 bridgehead atoms. The summed E-state index contributed by atoms with van der Waals surface area (Å²) in [7, 11) is -0.802. The number of Topliss-reactive ketones (excluding diaryl/α,β-unsaturated/α-hetero) is 1. The molecule has 1 aliphatic heterocycles. The number of nitrogens with one attached hydrogen (secondary N) is 2. The minimum atomic E-state index is -2.63. The van der Waals surface area contributed by atoms with Crippen molar-refractivity contribution in [1.29, 1.82) is 0 Å². The summed E-state index contributed by atoms with van der Waals surface area (Å²) in [6.45, 7) is 12.6. The number of nitrogens with zero attached hydrogens (tertiary/aromatic N) is 1. The van der Waals surface area contributed by atoms with Crippen LogP contribution >= 0.6 is 9.24 Å². The van der Waals surface area contributed by atoms with Crippen LogP contribution in [0.5, 0.6) is 0 Å². The van der Waals surface area contributed by atoms with E-state index in [4.69, 9.17) is 13.9 Å². The fourth-order valence-corrected chi connectivity index (χ4v) is 11.7. The number of H-pyrrole nitrogens is 1. The first-order valence-electron chi connectivity index (χ1n) is 14.8. The van der Waals surface area contributed by atoms with Gasteiger partial charge in [0.05, 0.1) is 19.2 Å². The van der Waals surface area contributed by atoms with Crippen LogP contribution in [0.1, 0.15) is 79.9 Å². The van der Waals surface area contributed by atoms with Crippen molar-refractivity contribution in [2.75, 3.05) is 19.3 Å². The first-order chi connectivity index (χ1) is 19.8. The number of aromatic nitrogens is 2. The van der Waals surface area contributed by atoms with Crippen LogP contribution in [0, 0.1) is 0 Å². The maximum absolute atomic E-state index is 13.0. The number of aliphatic hydroxyl groups excluding tert-OH is 1. The first-order valence-corrected chi connectivity index (χ1v) is 17.9. The first kappa shape index (κ1) is 36.0. The highest BCUT2D eigenvalue weighted by Gasteiger charge is 2.55. The fraction of sp³-hybridized carbons (Fsp3) is 0.750. The van der Waals surface area contributed by atoms with E-state index in [0.29, 0.717) is 6.54 Å². The second-order valence-corrected chi connectivity index (χ2v) is 17.8. The van der Waals surface area contributed by atoms with E-state index in [1.807, 2.05) is 9.24 Å². The Hall–Kier alpha value is -2.18. The molecular formula is C28H49N3O9PSi+. The number of amides is 1. The van der Waals surface area contributed by atoms with E-state index in [0.717, 1.165) is 12.6 Å². The molecule has 2 heterocycles. The Morgan fingerprint density at radius 2 is 1.67 bits per heavy atom. The molecule has 2 rings (SSSR count). The summed E-state index contributed by atoms with van der Waals surface area (Å²) in [5.74, 6) is -1.12. The van der Waals surface area contributed by atoms with Gasteiger partial charge in [-0.15, -0.1) is 0 Å². The maximum Gasteiger partial charge on any atom is 0.330 e. The number of carbonyl (C=O) groups excluding carboxylic acids is 3. The lowest BCUT2D eigenvalue weighted by Gasteiger charge is -2.45. The standard InChI is InChI=1S/C28H48N3O9PSi/c1-17(2)42(18(3)4,19(5)6)40-26-25(21(16-32)38-27(26)31-14-12-23(35)30-28(31)37)39-24(36)11-9-20(33)8-10-22(34)29-13-7-15-41/h12,14,17-19,21,25-27,32H,7-11,13,15-16,41H2,1-6H3,(H,29,34)(H,30,35,37)/p+1/t21-,25+,26?,27-/m1/s1. The van der Waals surface area contributed by atoms with E-state index in [1.165, 1.54) is 16.8 Å². The van der Waals surface area contributed by atoms with Gasteiger partial charge in [0.25, 0.3) is 5.56 Å². The zero-order chi connectivity index (χ0) is 31.6. The van der Waals surface area contributed by atoms with E-state index in [9.17, 15) is 29.1 Å². The van der Waals surface area contributed by atoms with Gasteiger partial charge in [-0.25, -0.2) is 4.79 Å². The van der Waals surface area contributed by atoms with Crippen molar-refractivity contribution in [3.63, 3.8) is 0 Å². The highest BCUT2D eigenvalue weighted by Crippen LogP contribution is 2.46. The zero-order valence-corrected chi connectivity index (χ0v) is 28.1. The van der Waals surface area contributed by atoms with Gasteiger partial charge in [0.2, 0.25) is 14.2 Å². The predicted octanol–water partition coefficient (Wildman–Crippen LogP) is 2.14. The van der Waals surface area contributed by atoms with E-state index < -0.39 is 56.7 Å². The zero-order valence-electron chi connectivity index (χ0n) is 25.7. The summed E-state index contributed by atoms with van der Waals surface area (Å²) in [6.07, 6.45) is -1.22. The van der Waals surface area contributed by atoms with E-state index in [1.54, 1.807) is 0 Å². The SMILES string of the molecule is CC(C)[Si](OC1[C@@H](OC(=O)CCC(=O)CCC(=O)NCCC[PH3+])[C@@H](CO)O[C@H]1n1ccc(=O)[nH]c1=O)(C(C)C)C(C)C. The number of hydrogen-bond acceptors (Lipinski definition) is 9. The second kappa shape index (κ2) is 16.6. The van der Waals surface area contributed by atoms with Crippen molar-refractivity contribution in [3.8, 4) is 0 Å². The van der Waals surface area contributed by atoms with Crippen LogP contribution in [0.3, 0.4) is 0 Å². The lowest BCUT2D eigenvalue weighted by atomic mass is 10.1. The summed E-state index contributed by atoms with van der Waals surface area (Å²) in [5, 5.41) is 13.0. The number of carbonyl (C=O) groups is 3. The number of esters is 1. The van der Waals surface area contributed by atoms with Crippen LogP contribution in [-0.2, 0) is 28.3 Å². The van der Waals surface area contributed by atoms with E-state index in [2.05, 4.69) is 51.8 Å². The van der Waals surface area contributed by atoms with E-state index in [-0.39, 0.29) is 54.0 Å². The Labute approximate surface area is 250 Å². The Morgan fingerprint density at radius 1 is 1.05 bits per heavy atom. The Bertz CT molecular complexity index is 1150. The Kier molecular flexibility index (Phi) is 14.2. The van der Waals surface area contributed by atoms with Gasteiger partial charge in [-0.1, -0.05) is 41.5 Å². The average molecular weight is 631 g/mol. The molecule has 2 unspecified atom stereocenters. The molecule has 1 fully saturated rings. The molecule has 238 valence electrons. The minimum Gasteiger partial charge on any atom is -0.457 e. The van der Waals surface area contributed by atoms with Gasteiger partial charge in [0.1, 0.15) is 18.0 Å². The minimum absolute atomic E-state index is 0.0208. The summed E-state index contributed by atoms with van der Waals surface area (Å²) in [6, 6.07) is 1.18. The molecule has 1 amide bonds. The number of aliphatic hydroxyl groups is 1. The molecule has 0 aliphatic carbocycles. The third kappa shape index (κ3) is 9.16. The van der Waals surface area contributed by atoms with Crippen LogP contribution in [0.25, 0.3) is 0 Å². The number of ether oxygens (including phenoxy) is 2. The van der Waals surface area contributed by atoms with Crippen LogP contribution in [-0.4, -0.2) is 78.3 Å². The summed E-state index contributed by atoms with van der Waals surface area (Å²) < 4.78 is 20.0. The Balaban J connectivity index is 2.27. The monoisotopic (exact) mass is 630 g/mol. The van der Waals surface area contributed by atoms with Crippen molar-refractivity contribution in [1.82, 2.24) is 14.9 Å². The summed E-state index contributed by atoms with van der Waals surface area (Å²) in [5.41, 5.74) is -0.862. The molecule has 1 aliphatic rings. The van der Waals surface area contributed by atoms with Crippen LogP contribution in [0.4, 0.5) is 0 Å². The fourth-order valence-electron chi connectivity index (χ4n) is 5.89. The van der Waals surface area contributed by atoms with Crippen LogP contribution in [0.2, 0.25) is 16.6 Å². The average Bonchev–Trinajstić information content (AvgIpc) is 3.24. The smallest absolute Gasteiger partial charge is 0.330 e. The normalized spacial score (nSPS) is 20.9. The maximum atomic E-state index is 13.0. The van der Waals surface area contributed by atoms with Crippen LogP contribution < -0.4 is 16.6 Å². The molecule has 1 aromatic heterocycles. The molecule has 3 N–H and O–H groups in total. The van der Waals surface area contributed by atoms with Crippen molar-refractivity contribution in [2.45, 2.75) is 115 Å². The van der Waals surface area contributed by atoms with Gasteiger partial charge in [0, 0.05) is 38.1 Å². The highest BCUT2D eigenvalue weighted by atomic mass is 31.0.